The molecule has 17 heavy (non-hydrogen) atoms. The van der Waals surface area contributed by atoms with Crippen molar-refractivity contribution in [1.82, 2.24) is 10.6 Å². The maximum absolute atomic E-state index is 12.1. The van der Waals surface area contributed by atoms with Crippen molar-refractivity contribution in [2.45, 2.75) is 66.3 Å². The molecule has 0 aromatic heterocycles. The SMILES string of the molecule is CCCCC(C)(NCC(C)(C)C)C(=O)NCC. The fourth-order valence-corrected chi connectivity index (χ4v) is 1.63. The molecule has 1 atom stereocenters. The van der Waals surface area contributed by atoms with E-state index in [9.17, 15) is 4.79 Å². The third-order valence-corrected chi connectivity index (χ3v) is 2.88. The number of rotatable bonds is 7. The maximum Gasteiger partial charge on any atom is 0.240 e. The van der Waals surface area contributed by atoms with Gasteiger partial charge < -0.3 is 10.6 Å². The number of likely N-dealkylation sites (N-methyl/N-ethyl adjacent to an activating group) is 1. The van der Waals surface area contributed by atoms with Crippen molar-refractivity contribution in [2.24, 2.45) is 5.41 Å². The molecule has 0 bridgehead atoms. The number of unbranched alkanes of at least 4 members (excludes halogenated alkanes) is 1. The van der Waals surface area contributed by atoms with E-state index in [0.717, 1.165) is 25.8 Å². The lowest BCUT2D eigenvalue weighted by Crippen LogP contribution is -2.56. The Morgan fingerprint density at radius 1 is 1.12 bits per heavy atom. The summed E-state index contributed by atoms with van der Waals surface area (Å²) in [5.41, 5.74) is -0.237. The van der Waals surface area contributed by atoms with Gasteiger partial charge in [-0.15, -0.1) is 0 Å². The number of carbonyl (C=O) groups is 1. The Morgan fingerprint density at radius 3 is 2.12 bits per heavy atom. The number of carbonyl (C=O) groups excluding carboxylic acids is 1. The quantitative estimate of drug-likeness (QED) is 0.720. The van der Waals surface area contributed by atoms with Gasteiger partial charge in [0.05, 0.1) is 5.54 Å². The molecule has 0 aliphatic rings. The summed E-state index contributed by atoms with van der Waals surface area (Å²) in [5.74, 6) is 0.123. The average molecular weight is 242 g/mol. The monoisotopic (exact) mass is 242 g/mol. The second-order valence-corrected chi connectivity index (χ2v) is 6.21. The molecular weight excluding hydrogens is 212 g/mol. The lowest BCUT2D eigenvalue weighted by molar-refractivity contribution is -0.127. The second kappa shape index (κ2) is 7.00. The van der Waals surface area contributed by atoms with Gasteiger partial charge >= 0.3 is 0 Å². The zero-order valence-electron chi connectivity index (χ0n) is 12.4. The van der Waals surface area contributed by atoms with Gasteiger partial charge in [-0.3, -0.25) is 4.79 Å². The topological polar surface area (TPSA) is 41.1 Å². The highest BCUT2D eigenvalue weighted by Crippen LogP contribution is 2.18. The molecule has 0 spiro atoms. The van der Waals surface area contributed by atoms with Gasteiger partial charge in [-0.2, -0.15) is 0 Å². The van der Waals surface area contributed by atoms with Gasteiger partial charge in [-0.25, -0.2) is 0 Å². The largest absolute Gasteiger partial charge is 0.355 e. The van der Waals surface area contributed by atoms with Crippen molar-refractivity contribution in [3.8, 4) is 0 Å². The first-order chi connectivity index (χ1) is 7.75. The van der Waals surface area contributed by atoms with Crippen molar-refractivity contribution in [3.63, 3.8) is 0 Å². The Bertz CT molecular complexity index is 233. The molecule has 2 N–H and O–H groups in total. The third kappa shape index (κ3) is 6.67. The van der Waals surface area contributed by atoms with Crippen LogP contribution >= 0.6 is 0 Å². The Balaban J connectivity index is 4.54. The molecule has 0 fully saturated rings. The summed E-state index contributed by atoms with van der Waals surface area (Å²) in [4.78, 5) is 12.1. The molecule has 0 aromatic rings. The molecule has 0 rings (SSSR count). The van der Waals surface area contributed by atoms with Gasteiger partial charge in [0.15, 0.2) is 0 Å². The normalized spacial score (nSPS) is 15.4. The van der Waals surface area contributed by atoms with E-state index < -0.39 is 5.54 Å². The lowest BCUT2D eigenvalue weighted by atomic mass is 9.90. The predicted octanol–water partition coefficient (Wildman–Crippen LogP) is 2.71. The van der Waals surface area contributed by atoms with Crippen LogP contribution in [0.25, 0.3) is 0 Å². The van der Waals surface area contributed by atoms with Crippen LogP contribution in [-0.4, -0.2) is 24.5 Å². The van der Waals surface area contributed by atoms with Crippen molar-refractivity contribution in [3.05, 3.63) is 0 Å². The summed E-state index contributed by atoms with van der Waals surface area (Å²) < 4.78 is 0. The molecule has 0 heterocycles. The lowest BCUT2D eigenvalue weighted by Gasteiger charge is -2.33. The van der Waals surface area contributed by atoms with Crippen LogP contribution in [0.15, 0.2) is 0 Å². The highest BCUT2D eigenvalue weighted by molar-refractivity contribution is 5.85. The van der Waals surface area contributed by atoms with Gasteiger partial charge in [0.1, 0.15) is 0 Å². The van der Waals surface area contributed by atoms with Crippen molar-refractivity contribution in [1.29, 1.82) is 0 Å². The second-order valence-electron chi connectivity index (χ2n) is 6.21. The predicted molar refractivity (Wildman–Crippen MR) is 74.1 cm³/mol. The van der Waals surface area contributed by atoms with Crippen LogP contribution in [-0.2, 0) is 4.79 Å². The molecule has 0 aromatic carbocycles. The van der Waals surface area contributed by atoms with Gasteiger partial charge in [0.25, 0.3) is 0 Å². The highest BCUT2D eigenvalue weighted by Gasteiger charge is 2.32. The summed E-state index contributed by atoms with van der Waals surface area (Å²) in [6, 6.07) is 0. The molecule has 0 aliphatic carbocycles. The Morgan fingerprint density at radius 2 is 1.71 bits per heavy atom. The Kier molecular flexibility index (Phi) is 6.76. The van der Waals surface area contributed by atoms with E-state index in [4.69, 9.17) is 0 Å². The standard InChI is InChI=1S/C14H30N2O/c1-7-9-10-14(6,12(17)15-8-2)16-11-13(3,4)5/h16H,7-11H2,1-6H3,(H,15,17). The van der Waals surface area contributed by atoms with E-state index in [-0.39, 0.29) is 11.3 Å². The van der Waals surface area contributed by atoms with Crippen LogP contribution in [0.3, 0.4) is 0 Å². The zero-order chi connectivity index (χ0) is 13.5. The molecule has 3 heteroatoms. The van der Waals surface area contributed by atoms with Crippen LogP contribution in [0.1, 0.15) is 60.8 Å². The van der Waals surface area contributed by atoms with Gasteiger partial charge in [0, 0.05) is 13.1 Å². The van der Waals surface area contributed by atoms with Crippen molar-refractivity contribution in [2.75, 3.05) is 13.1 Å². The molecular formula is C14H30N2O. The number of hydrogen-bond acceptors (Lipinski definition) is 2. The fourth-order valence-electron chi connectivity index (χ4n) is 1.63. The van der Waals surface area contributed by atoms with E-state index in [2.05, 4.69) is 38.3 Å². The van der Waals surface area contributed by atoms with Crippen molar-refractivity contribution >= 4 is 5.91 Å². The first-order valence-corrected chi connectivity index (χ1v) is 6.78. The van der Waals surface area contributed by atoms with E-state index in [1.807, 2.05) is 13.8 Å². The van der Waals surface area contributed by atoms with E-state index in [0.29, 0.717) is 6.54 Å². The van der Waals surface area contributed by atoms with Crippen LogP contribution < -0.4 is 10.6 Å². The van der Waals surface area contributed by atoms with Crippen LogP contribution in [0.5, 0.6) is 0 Å². The van der Waals surface area contributed by atoms with Crippen LogP contribution in [0, 0.1) is 5.41 Å². The molecule has 0 aliphatic heterocycles. The number of hydrogen-bond donors (Lipinski definition) is 2. The fraction of sp³-hybridized carbons (Fsp3) is 0.929. The first-order valence-electron chi connectivity index (χ1n) is 6.78. The number of nitrogens with one attached hydrogen (secondary N) is 2. The van der Waals surface area contributed by atoms with Crippen LogP contribution in [0.4, 0.5) is 0 Å². The molecule has 0 radical (unpaired) electrons. The van der Waals surface area contributed by atoms with E-state index in [1.165, 1.54) is 0 Å². The summed E-state index contributed by atoms with van der Waals surface area (Å²) >= 11 is 0. The zero-order valence-corrected chi connectivity index (χ0v) is 12.4. The summed E-state index contributed by atoms with van der Waals surface area (Å²) in [5, 5.41) is 6.37. The molecule has 102 valence electrons. The third-order valence-electron chi connectivity index (χ3n) is 2.88. The number of amides is 1. The van der Waals surface area contributed by atoms with Gasteiger partial charge in [0.2, 0.25) is 5.91 Å². The molecule has 0 saturated heterocycles. The minimum absolute atomic E-state index is 0.123. The average Bonchev–Trinajstić information content (AvgIpc) is 2.23. The molecule has 1 unspecified atom stereocenters. The Hall–Kier alpha value is -0.570. The minimum Gasteiger partial charge on any atom is -0.355 e. The first kappa shape index (κ1) is 16.4. The van der Waals surface area contributed by atoms with Crippen molar-refractivity contribution < 1.29 is 4.79 Å². The molecule has 3 nitrogen and oxygen atoms in total. The van der Waals surface area contributed by atoms with Gasteiger partial charge in [-0.1, -0.05) is 40.5 Å². The Labute approximate surface area is 107 Å². The summed E-state index contributed by atoms with van der Waals surface area (Å²) in [6.07, 6.45) is 3.09. The molecule has 0 saturated carbocycles. The summed E-state index contributed by atoms with van der Waals surface area (Å²) in [6.45, 7) is 14.2. The van der Waals surface area contributed by atoms with Gasteiger partial charge in [-0.05, 0) is 25.7 Å². The maximum atomic E-state index is 12.1. The van der Waals surface area contributed by atoms with Crippen LogP contribution in [0.2, 0.25) is 0 Å². The van der Waals surface area contributed by atoms with E-state index >= 15 is 0 Å². The molecule has 1 amide bonds. The smallest absolute Gasteiger partial charge is 0.240 e. The van der Waals surface area contributed by atoms with E-state index in [1.54, 1.807) is 0 Å². The minimum atomic E-state index is -0.431. The summed E-state index contributed by atoms with van der Waals surface area (Å²) in [7, 11) is 0. The highest BCUT2D eigenvalue weighted by atomic mass is 16.2.